The maximum Gasteiger partial charge on any atom is 0.262 e. The molecule has 1 atom stereocenters. The van der Waals surface area contributed by atoms with Gasteiger partial charge in [-0.25, -0.2) is 4.98 Å². The predicted octanol–water partition coefficient (Wildman–Crippen LogP) is 4.87. The van der Waals surface area contributed by atoms with Crippen molar-refractivity contribution in [3.63, 3.8) is 0 Å². The molecule has 5 nitrogen and oxygen atoms in total. The Kier molecular flexibility index (Phi) is 6.01. The molecule has 1 fully saturated rings. The van der Waals surface area contributed by atoms with Crippen molar-refractivity contribution in [1.29, 1.82) is 0 Å². The van der Waals surface area contributed by atoms with E-state index in [1.54, 1.807) is 10.6 Å². The number of aryl methyl sites for hydroxylation is 1. The van der Waals surface area contributed by atoms with Crippen molar-refractivity contribution in [2.75, 3.05) is 0 Å². The molecular formula is C27H25N3O2S. The first-order chi connectivity index (χ1) is 16.1. The van der Waals surface area contributed by atoms with Crippen LogP contribution in [-0.2, 0) is 11.3 Å². The molecule has 5 rings (SSSR count). The van der Waals surface area contributed by atoms with E-state index < -0.39 is 5.25 Å². The van der Waals surface area contributed by atoms with Crippen molar-refractivity contribution < 1.29 is 4.79 Å². The number of nitrogens with zero attached hydrogens (tertiary/aromatic N) is 2. The molecule has 0 bridgehead atoms. The summed E-state index contributed by atoms with van der Waals surface area (Å²) >= 11 is 1.34. The first-order valence-corrected chi connectivity index (χ1v) is 12.0. The number of carbonyl (C=O) groups excluding carboxylic acids is 1. The molecule has 166 valence electrons. The highest BCUT2D eigenvalue weighted by Gasteiger charge is 2.30. The van der Waals surface area contributed by atoms with E-state index in [2.05, 4.69) is 5.32 Å². The van der Waals surface area contributed by atoms with Gasteiger partial charge in [-0.15, -0.1) is 0 Å². The van der Waals surface area contributed by atoms with Gasteiger partial charge in [0.25, 0.3) is 5.56 Å². The zero-order valence-electron chi connectivity index (χ0n) is 18.4. The van der Waals surface area contributed by atoms with Gasteiger partial charge in [0.05, 0.1) is 17.4 Å². The molecule has 1 heterocycles. The number of fused-ring (bicyclic) bond motifs is 1. The second kappa shape index (κ2) is 9.24. The van der Waals surface area contributed by atoms with Crippen LogP contribution in [0.2, 0.25) is 0 Å². The maximum absolute atomic E-state index is 13.5. The molecule has 1 amide bonds. The second-order valence-electron chi connectivity index (χ2n) is 8.48. The van der Waals surface area contributed by atoms with Gasteiger partial charge in [0.2, 0.25) is 5.91 Å². The Hall–Kier alpha value is -3.38. The van der Waals surface area contributed by atoms with Crippen LogP contribution in [-0.4, -0.2) is 21.5 Å². The van der Waals surface area contributed by atoms with Gasteiger partial charge in [-0.2, -0.15) is 0 Å². The second-order valence-corrected chi connectivity index (χ2v) is 9.55. The average Bonchev–Trinajstić information content (AvgIpc) is 3.65. The van der Waals surface area contributed by atoms with Crippen molar-refractivity contribution in [2.24, 2.45) is 0 Å². The third-order valence-corrected chi connectivity index (χ3v) is 7.02. The van der Waals surface area contributed by atoms with Crippen molar-refractivity contribution in [2.45, 2.75) is 42.8 Å². The van der Waals surface area contributed by atoms with E-state index >= 15 is 0 Å². The zero-order valence-corrected chi connectivity index (χ0v) is 19.2. The summed E-state index contributed by atoms with van der Waals surface area (Å²) in [5.74, 6) is -0.0435. The third-order valence-electron chi connectivity index (χ3n) is 5.78. The van der Waals surface area contributed by atoms with Crippen LogP contribution in [0.1, 0.15) is 34.8 Å². The molecule has 6 heteroatoms. The van der Waals surface area contributed by atoms with Crippen LogP contribution >= 0.6 is 11.8 Å². The molecule has 33 heavy (non-hydrogen) atoms. The zero-order chi connectivity index (χ0) is 22.8. The van der Waals surface area contributed by atoms with Crippen LogP contribution < -0.4 is 10.9 Å². The number of hydrogen-bond acceptors (Lipinski definition) is 4. The summed E-state index contributed by atoms with van der Waals surface area (Å²) in [7, 11) is 0. The van der Waals surface area contributed by atoms with Gasteiger partial charge >= 0.3 is 0 Å². The number of amides is 1. The van der Waals surface area contributed by atoms with E-state index in [1.807, 2.05) is 79.7 Å². The van der Waals surface area contributed by atoms with Crippen molar-refractivity contribution >= 4 is 28.6 Å². The summed E-state index contributed by atoms with van der Waals surface area (Å²) in [5.41, 5.74) is 3.61. The van der Waals surface area contributed by atoms with Crippen LogP contribution in [0.4, 0.5) is 0 Å². The lowest BCUT2D eigenvalue weighted by atomic mass is 10.1. The molecule has 0 spiro atoms. The van der Waals surface area contributed by atoms with Crippen molar-refractivity contribution in [3.05, 3.63) is 106 Å². The molecule has 0 radical (unpaired) electrons. The van der Waals surface area contributed by atoms with E-state index in [0.29, 0.717) is 22.6 Å². The molecule has 1 aliphatic rings. The van der Waals surface area contributed by atoms with Gasteiger partial charge in [0.1, 0.15) is 5.25 Å². The van der Waals surface area contributed by atoms with Crippen molar-refractivity contribution in [1.82, 2.24) is 14.9 Å². The summed E-state index contributed by atoms with van der Waals surface area (Å²) in [4.78, 5) is 31.6. The Labute approximate surface area is 196 Å². The Bertz CT molecular complexity index is 1350. The monoisotopic (exact) mass is 455 g/mol. The highest BCUT2D eigenvalue weighted by atomic mass is 32.2. The molecule has 0 unspecified atom stereocenters. The largest absolute Gasteiger partial charge is 0.352 e. The first kappa shape index (κ1) is 21.5. The van der Waals surface area contributed by atoms with Gasteiger partial charge in [0.15, 0.2) is 5.16 Å². The highest BCUT2D eigenvalue weighted by Crippen LogP contribution is 2.36. The predicted molar refractivity (Wildman–Crippen MR) is 132 cm³/mol. The minimum atomic E-state index is -0.496. The van der Waals surface area contributed by atoms with E-state index in [0.717, 1.165) is 24.0 Å². The smallest absolute Gasteiger partial charge is 0.262 e. The summed E-state index contributed by atoms with van der Waals surface area (Å²) in [6, 6.07) is 25.5. The van der Waals surface area contributed by atoms with Crippen LogP contribution in [0.3, 0.4) is 0 Å². The quantitative estimate of drug-likeness (QED) is 0.319. The molecule has 0 aliphatic heterocycles. The van der Waals surface area contributed by atoms with Crippen LogP contribution in [0.25, 0.3) is 10.9 Å². The van der Waals surface area contributed by atoms with Gasteiger partial charge in [-0.05, 0) is 43.0 Å². The summed E-state index contributed by atoms with van der Waals surface area (Å²) < 4.78 is 1.69. The number of nitrogens with one attached hydrogen (secondary N) is 1. The molecular weight excluding hydrogens is 430 g/mol. The van der Waals surface area contributed by atoms with Crippen molar-refractivity contribution in [3.8, 4) is 0 Å². The lowest BCUT2D eigenvalue weighted by Gasteiger charge is -2.19. The molecule has 4 aromatic rings. The van der Waals surface area contributed by atoms with E-state index in [1.165, 1.54) is 17.3 Å². The summed E-state index contributed by atoms with van der Waals surface area (Å²) in [6.45, 7) is 2.43. The molecule has 1 saturated carbocycles. The SMILES string of the molecule is Cc1ccc(Cn2c(S[C@@H](C(=O)NC3CC3)c3ccccc3)nc3ccccc3c2=O)cc1. The van der Waals surface area contributed by atoms with Crippen LogP contribution in [0, 0.1) is 6.92 Å². The van der Waals surface area contributed by atoms with Gasteiger partial charge in [-0.1, -0.05) is 84.1 Å². The van der Waals surface area contributed by atoms with Gasteiger partial charge in [-0.3, -0.25) is 14.2 Å². The number of rotatable bonds is 7. The molecule has 1 aliphatic carbocycles. The highest BCUT2D eigenvalue weighted by molar-refractivity contribution is 8.00. The Morgan fingerprint density at radius 3 is 2.45 bits per heavy atom. The topological polar surface area (TPSA) is 64.0 Å². The first-order valence-electron chi connectivity index (χ1n) is 11.2. The van der Waals surface area contributed by atoms with Gasteiger partial charge < -0.3 is 5.32 Å². The van der Waals surface area contributed by atoms with E-state index in [-0.39, 0.29) is 17.5 Å². The fourth-order valence-electron chi connectivity index (χ4n) is 3.76. The number of hydrogen-bond donors (Lipinski definition) is 1. The average molecular weight is 456 g/mol. The van der Waals surface area contributed by atoms with Crippen LogP contribution in [0.15, 0.2) is 88.8 Å². The maximum atomic E-state index is 13.5. The lowest BCUT2D eigenvalue weighted by molar-refractivity contribution is -0.120. The molecule has 1 N–H and O–H groups in total. The van der Waals surface area contributed by atoms with Crippen LogP contribution in [0.5, 0.6) is 0 Å². The van der Waals surface area contributed by atoms with E-state index in [9.17, 15) is 9.59 Å². The Balaban J connectivity index is 1.59. The molecule has 0 saturated heterocycles. The number of benzene rings is 3. The Morgan fingerprint density at radius 1 is 1.03 bits per heavy atom. The minimum Gasteiger partial charge on any atom is -0.352 e. The number of thioether (sulfide) groups is 1. The summed E-state index contributed by atoms with van der Waals surface area (Å²) in [6.07, 6.45) is 2.04. The van der Waals surface area contributed by atoms with Gasteiger partial charge in [0, 0.05) is 6.04 Å². The lowest BCUT2D eigenvalue weighted by Crippen LogP contribution is -2.31. The normalized spacial score (nSPS) is 14.2. The fraction of sp³-hybridized carbons (Fsp3) is 0.222. The van der Waals surface area contributed by atoms with E-state index in [4.69, 9.17) is 4.98 Å². The minimum absolute atomic E-state index is 0.0435. The summed E-state index contributed by atoms with van der Waals surface area (Å²) in [5, 5.41) is 3.75. The third kappa shape index (κ3) is 4.86. The number of carbonyl (C=O) groups is 1. The Morgan fingerprint density at radius 2 is 1.73 bits per heavy atom. The molecule has 1 aromatic heterocycles. The molecule has 3 aromatic carbocycles. The number of aromatic nitrogens is 2. The number of para-hydroxylation sites is 1. The fourth-order valence-corrected chi connectivity index (χ4v) is 4.87. The standard InChI is InChI=1S/C27H25N3O2S/c1-18-11-13-19(14-12-18)17-30-26(32)22-9-5-6-10-23(22)29-27(30)33-24(20-7-3-2-4-8-20)25(31)28-21-15-16-21/h2-14,21,24H,15-17H2,1H3,(H,28,31)/t24-/m1/s1.